The topological polar surface area (TPSA) is 115 Å². The molecule has 0 bridgehead atoms. The van der Waals surface area contributed by atoms with Gasteiger partial charge in [-0.05, 0) is 42.5 Å². The van der Waals surface area contributed by atoms with Gasteiger partial charge >= 0.3 is 0 Å². The van der Waals surface area contributed by atoms with Gasteiger partial charge in [-0.2, -0.15) is 4.98 Å². The van der Waals surface area contributed by atoms with Gasteiger partial charge in [-0.15, -0.1) is 0 Å². The van der Waals surface area contributed by atoms with E-state index in [1.807, 2.05) is 42.5 Å². The maximum Gasteiger partial charge on any atom is 0.229 e. The number of pyridine rings is 1. The number of ether oxygens (including phenoxy) is 1. The molecule has 0 saturated carbocycles. The number of hydrogen-bond acceptors (Lipinski definition) is 8. The molecule has 0 unspecified atom stereocenters. The molecular formula is C23H23N7O. The first-order valence-electron chi connectivity index (χ1n) is 10.2. The van der Waals surface area contributed by atoms with E-state index in [4.69, 9.17) is 21.2 Å². The van der Waals surface area contributed by atoms with E-state index < -0.39 is 0 Å². The Balaban J connectivity index is 1.47. The average molecular weight is 413 g/mol. The van der Waals surface area contributed by atoms with Gasteiger partial charge in [0.05, 0.1) is 18.9 Å². The summed E-state index contributed by atoms with van der Waals surface area (Å²) in [5, 5.41) is 4.01. The number of nitrogens with zero attached hydrogens (tertiary/aromatic N) is 4. The highest BCUT2D eigenvalue weighted by molar-refractivity contribution is 5.97. The van der Waals surface area contributed by atoms with Gasteiger partial charge in [0, 0.05) is 47.3 Å². The summed E-state index contributed by atoms with van der Waals surface area (Å²) < 4.78 is 5.42. The van der Waals surface area contributed by atoms with Gasteiger partial charge in [-0.3, -0.25) is 4.98 Å². The molecule has 1 saturated heterocycles. The van der Waals surface area contributed by atoms with Gasteiger partial charge in [0.2, 0.25) is 5.95 Å². The van der Waals surface area contributed by atoms with Crippen molar-refractivity contribution in [3.8, 4) is 11.3 Å². The van der Waals surface area contributed by atoms with Crippen LogP contribution in [-0.4, -0.2) is 41.3 Å². The van der Waals surface area contributed by atoms with Gasteiger partial charge in [0.15, 0.2) is 0 Å². The van der Waals surface area contributed by atoms with Gasteiger partial charge in [-0.1, -0.05) is 12.1 Å². The first kappa shape index (κ1) is 19.1. The number of anilines is 5. The van der Waals surface area contributed by atoms with E-state index in [0.29, 0.717) is 28.7 Å². The Hall–Kier alpha value is -3.91. The fourth-order valence-corrected chi connectivity index (χ4v) is 3.74. The molecule has 0 amide bonds. The number of rotatable bonds is 4. The minimum atomic E-state index is 0.394. The Morgan fingerprint density at radius 2 is 1.74 bits per heavy atom. The smallest absolute Gasteiger partial charge is 0.229 e. The largest absolute Gasteiger partial charge is 0.399 e. The van der Waals surface area contributed by atoms with E-state index in [2.05, 4.69) is 32.3 Å². The summed E-state index contributed by atoms with van der Waals surface area (Å²) in [6.07, 6.45) is 1.71. The zero-order valence-corrected chi connectivity index (χ0v) is 17.0. The summed E-state index contributed by atoms with van der Waals surface area (Å²) in [4.78, 5) is 16.0. The second-order valence-corrected chi connectivity index (χ2v) is 7.38. The number of nitrogen functional groups attached to an aromatic ring is 2. The first-order valence-corrected chi connectivity index (χ1v) is 10.2. The van der Waals surface area contributed by atoms with Crippen molar-refractivity contribution in [3.05, 3.63) is 60.8 Å². The number of fused-ring (bicyclic) bond motifs is 1. The molecule has 2 aromatic heterocycles. The van der Waals surface area contributed by atoms with Crippen molar-refractivity contribution in [2.24, 2.45) is 0 Å². The molecule has 5 rings (SSSR count). The third kappa shape index (κ3) is 3.93. The lowest BCUT2D eigenvalue weighted by molar-refractivity contribution is 0.122. The highest BCUT2D eigenvalue weighted by Gasteiger charge is 2.14. The number of hydrogen-bond donors (Lipinski definition) is 3. The third-order valence-corrected chi connectivity index (χ3v) is 5.30. The lowest BCUT2D eigenvalue weighted by atomic mass is 10.1. The second-order valence-electron chi connectivity index (χ2n) is 7.38. The predicted octanol–water partition coefficient (Wildman–Crippen LogP) is 3.44. The number of benzene rings is 2. The van der Waals surface area contributed by atoms with Crippen LogP contribution in [0, 0.1) is 0 Å². The Kier molecular flexibility index (Phi) is 4.97. The lowest BCUT2D eigenvalue weighted by Crippen LogP contribution is -2.36. The van der Waals surface area contributed by atoms with Crippen LogP contribution in [-0.2, 0) is 4.74 Å². The van der Waals surface area contributed by atoms with E-state index >= 15 is 0 Å². The van der Waals surface area contributed by atoms with Crippen LogP contribution in [0.15, 0.2) is 60.8 Å². The van der Waals surface area contributed by atoms with E-state index in [9.17, 15) is 0 Å². The van der Waals surface area contributed by atoms with Gasteiger partial charge in [0.25, 0.3) is 0 Å². The second kappa shape index (κ2) is 8.08. The van der Waals surface area contributed by atoms with Crippen molar-refractivity contribution in [2.45, 2.75) is 0 Å². The average Bonchev–Trinajstić information content (AvgIpc) is 2.80. The van der Waals surface area contributed by atoms with Crippen molar-refractivity contribution in [3.63, 3.8) is 0 Å². The molecule has 2 aromatic carbocycles. The quantitative estimate of drug-likeness (QED) is 0.436. The normalized spacial score (nSPS) is 14.0. The molecule has 5 N–H and O–H groups in total. The van der Waals surface area contributed by atoms with Crippen LogP contribution in [0.4, 0.5) is 28.8 Å². The molecule has 8 heteroatoms. The van der Waals surface area contributed by atoms with Gasteiger partial charge in [-0.25, -0.2) is 4.98 Å². The first-order chi connectivity index (χ1) is 15.2. The summed E-state index contributed by atoms with van der Waals surface area (Å²) in [6.45, 7) is 3.31. The Morgan fingerprint density at radius 1 is 0.935 bits per heavy atom. The maximum absolute atomic E-state index is 6.25. The minimum absolute atomic E-state index is 0.394. The standard InChI is InChI=1S/C23H23N7O/c24-16-3-1-2-15(14-16)20-21-19(8-9-26-20)22(25)29-23(28-21)27-17-4-6-18(7-5-17)30-10-12-31-13-11-30/h1-9,14H,10-13,24H2,(H3,25,27,28,29). The minimum Gasteiger partial charge on any atom is -0.399 e. The number of nitrogens with one attached hydrogen (secondary N) is 1. The lowest BCUT2D eigenvalue weighted by Gasteiger charge is -2.28. The van der Waals surface area contributed by atoms with Gasteiger partial charge in [0.1, 0.15) is 11.3 Å². The summed E-state index contributed by atoms with van der Waals surface area (Å²) in [5.41, 5.74) is 17.2. The van der Waals surface area contributed by atoms with E-state index in [1.165, 1.54) is 5.69 Å². The highest BCUT2D eigenvalue weighted by Crippen LogP contribution is 2.30. The maximum atomic E-state index is 6.25. The summed E-state index contributed by atoms with van der Waals surface area (Å²) >= 11 is 0. The van der Waals surface area contributed by atoms with Crippen molar-refractivity contribution >= 4 is 39.7 Å². The Bertz CT molecular complexity index is 1220. The van der Waals surface area contributed by atoms with Crippen LogP contribution in [0.2, 0.25) is 0 Å². The molecular weight excluding hydrogens is 390 g/mol. The number of aromatic nitrogens is 3. The molecule has 0 atom stereocenters. The Morgan fingerprint density at radius 3 is 2.52 bits per heavy atom. The predicted molar refractivity (Wildman–Crippen MR) is 124 cm³/mol. The van der Waals surface area contributed by atoms with Crippen LogP contribution >= 0.6 is 0 Å². The zero-order valence-electron chi connectivity index (χ0n) is 17.0. The van der Waals surface area contributed by atoms with Crippen LogP contribution in [0.3, 0.4) is 0 Å². The van der Waals surface area contributed by atoms with E-state index in [-0.39, 0.29) is 0 Å². The molecule has 1 aliphatic heterocycles. The van der Waals surface area contributed by atoms with Crippen molar-refractivity contribution in [2.75, 3.05) is 48.0 Å². The van der Waals surface area contributed by atoms with Crippen LogP contribution in [0.1, 0.15) is 0 Å². The molecule has 3 heterocycles. The molecule has 0 spiro atoms. The van der Waals surface area contributed by atoms with E-state index in [1.54, 1.807) is 6.20 Å². The molecule has 1 aliphatic rings. The summed E-state index contributed by atoms with van der Waals surface area (Å²) in [6, 6.07) is 17.6. The summed E-state index contributed by atoms with van der Waals surface area (Å²) in [5.74, 6) is 0.812. The van der Waals surface area contributed by atoms with Crippen molar-refractivity contribution < 1.29 is 4.74 Å². The third-order valence-electron chi connectivity index (χ3n) is 5.30. The fourth-order valence-electron chi connectivity index (χ4n) is 3.74. The monoisotopic (exact) mass is 413 g/mol. The molecule has 0 aliphatic carbocycles. The molecule has 8 nitrogen and oxygen atoms in total. The fraction of sp³-hybridized carbons (Fsp3) is 0.174. The molecule has 1 fully saturated rings. The SMILES string of the molecule is Nc1cccc(-c2nccc3c(N)nc(Nc4ccc(N5CCOCC5)cc4)nc23)c1. The van der Waals surface area contributed by atoms with Crippen LogP contribution in [0.25, 0.3) is 22.2 Å². The highest BCUT2D eigenvalue weighted by atomic mass is 16.5. The van der Waals surface area contributed by atoms with Crippen LogP contribution in [0.5, 0.6) is 0 Å². The van der Waals surface area contributed by atoms with Crippen molar-refractivity contribution in [1.82, 2.24) is 15.0 Å². The number of nitrogens with two attached hydrogens (primary N) is 2. The van der Waals surface area contributed by atoms with Gasteiger partial charge < -0.3 is 26.4 Å². The molecule has 156 valence electrons. The summed E-state index contributed by atoms with van der Waals surface area (Å²) in [7, 11) is 0. The van der Waals surface area contributed by atoms with E-state index in [0.717, 1.165) is 42.9 Å². The zero-order chi connectivity index (χ0) is 21.2. The van der Waals surface area contributed by atoms with Crippen molar-refractivity contribution in [1.29, 1.82) is 0 Å². The molecule has 4 aromatic rings. The molecule has 31 heavy (non-hydrogen) atoms. The number of morpholine rings is 1. The molecule has 0 radical (unpaired) electrons. The Labute approximate surface area is 179 Å². The van der Waals surface area contributed by atoms with Crippen LogP contribution < -0.4 is 21.7 Å².